The molecule has 0 unspecified atom stereocenters. The van der Waals surface area contributed by atoms with Crippen LogP contribution in [0, 0.1) is 10.1 Å². The van der Waals surface area contributed by atoms with Gasteiger partial charge in [0, 0.05) is 23.6 Å². The molecule has 10 heteroatoms. The van der Waals surface area contributed by atoms with Gasteiger partial charge in [-0.25, -0.2) is 10.0 Å². The van der Waals surface area contributed by atoms with E-state index in [0.717, 1.165) is 11.3 Å². The van der Waals surface area contributed by atoms with Gasteiger partial charge in [0.1, 0.15) is 5.69 Å². The Labute approximate surface area is 210 Å². The number of nitro groups is 1. The first-order chi connectivity index (χ1) is 16.9. The molecule has 0 N–H and O–H groups in total. The number of anilines is 2. The van der Waals surface area contributed by atoms with E-state index < -0.39 is 9.92 Å². The van der Waals surface area contributed by atoms with Crippen molar-refractivity contribution in [3.63, 3.8) is 0 Å². The molecule has 2 aliphatic rings. The van der Waals surface area contributed by atoms with Crippen LogP contribution in [0.25, 0.3) is 0 Å². The number of hydrazone groups is 2. The topological polar surface area (TPSA) is 91.4 Å². The van der Waals surface area contributed by atoms with Crippen molar-refractivity contribution in [3.05, 3.63) is 112 Å². The summed E-state index contributed by atoms with van der Waals surface area (Å²) in [6, 6.07) is 23.0. The third-order valence-corrected chi connectivity index (χ3v) is 7.06. The molecule has 0 fully saturated rings. The highest BCUT2D eigenvalue weighted by Crippen LogP contribution is 2.49. The lowest BCUT2D eigenvalue weighted by Crippen LogP contribution is -2.54. The summed E-state index contributed by atoms with van der Waals surface area (Å²) in [5.41, 5.74) is 2.34. The van der Waals surface area contributed by atoms with E-state index in [9.17, 15) is 14.9 Å². The minimum absolute atomic E-state index is 0.130. The first kappa shape index (κ1) is 22.8. The van der Waals surface area contributed by atoms with Crippen molar-refractivity contribution in [1.29, 1.82) is 0 Å². The molecule has 0 radical (unpaired) electrons. The number of carbonyl (C=O) groups is 1. The van der Waals surface area contributed by atoms with Gasteiger partial charge in [0.2, 0.25) is 4.99 Å². The van der Waals surface area contributed by atoms with Gasteiger partial charge in [-0.2, -0.15) is 10.2 Å². The van der Waals surface area contributed by atoms with Gasteiger partial charge in [-0.05, 0) is 54.2 Å². The molecule has 0 aliphatic carbocycles. The number of hydrogen-bond acceptors (Lipinski definition) is 8. The van der Waals surface area contributed by atoms with Crippen LogP contribution >= 0.6 is 23.4 Å². The minimum atomic E-state index is -1.19. The summed E-state index contributed by atoms with van der Waals surface area (Å²) in [5.74, 6) is -0.246. The fourth-order valence-corrected chi connectivity index (χ4v) is 5.10. The lowest BCUT2D eigenvalue weighted by molar-refractivity contribution is -0.384. The van der Waals surface area contributed by atoms with E-state index in [2.05, 4.69) is 5.10 Å². The third kappa shape index (κ3) is 4.09. The number of nitrogens with zero attached hydrogens (tertiary/aromatic N) is 5. The van der Waals surface area contributed by atoms with Gasteiger partial charge in [0.15, 0.2) is 10.8 Å². The lowest BCUT2D eigenvalue weighted by atomic mass is 10.1. The molecule has 5 rings (SSSR count). The maximum atomic E-state index is 12.4. The number of para-hydroxylation sites is 3. The van der Waals surface area contributed by atoms with E-state index in [1.54, 1.807) is 35.3 Å². The molecular weight excluding hydrogens is 486 g/mol. The summed E-state index contributed by atoms with van der Waals surface area (Å²) >= 11 is 7.25. The van der Waals surface area contributed by atoms with Crippen LogP contribution in [-0.2, 0) is 4.79 Å². The van der Waals surface area contributed by atoms with Gasteiger partial charge >= 0.3 is 0 Å². The van der Waals surface area contributed by atoms with Crippen LogP contribution < -0.4 is 10.0 Å². The Kier molecular flexibility index (Phi) is 5.88. The van der Waals surface area contributed by atoms with Crippen molar-refractivity contribution in [1.82, 2.24) is 0 Å². The van der Waals surface area contributed by atoms with Crippen LogP contribution in [0.2, 0.25) is 5.02 Å². The molecular formula is C25H18ClN5O3S. The van der Waals surface area contributed by atoms with E-state index in [0.29, 0.717) is 10.7 Å². The molecule has 0 saturated heterocycles. The first-order valence-corrected chi connectivity index (χ1v) is 11.8. The van der Waals surface area contributed by atoms with Crippen LogP contribution in [0.15, 0.2) is 101 Å². The summed E-state index contributed by atoms with van der Waals surface area (Å²) in [6.07, 6.45) is 3.69. The van der Waals surface area contributed by atoms with Crippen molar-refractivity contribution in [2.75, 3.05) is 10.0 Å². The monoisotopic (exact) mass is 503 g/mol. The van der Waals surface area contributed by atoms with Crippen LogP contribution in [0.5, 0.6) is 0 Å². The fourth-order valence-electron chi connectivity index (χ4n) is 3.83. The lowest BCUT2D eigenvalue weighted by Gasteiger charge is -2.43. The summed E-state index contributed by atoms with van der Waals surface area (Å²) < 4.78 is 0. The number of Topliss-reactive ketones (excluding diaryl/α,β-unsaturated/α-hetero) is 1. The Morgan fingerprint density at radius 3 is 2.34 bits per heavy atom. The van der Waals surface area contributed by atoms with Gasteiger partial charge in [0.05, 0.1) is 16.3 Å². The Balaban J connectivity index is 1.71. The molecule has 2 heterocycles. The molecule has 0 aromatic heterocycles. The Hall–Kier alpha value is -3.95. The van der Waals surface area contributed by atoms with Crippen molar-refractivity contribution in [2.45, 2.75) is 11.9 Å². The highest BCUT2D eigenvalue weighted by molar-refractivity contribution is 8.17. The minimum Gasteiger partial charge on any atom is -0.292 e. The van der Waals surface area contributed by atoms with Crippen molar-refractivity contribution in [2.24, 2.45) is 10.2 Å². The second-order valence-electron chi connectivity index (χ2n) is 7.75. The zero-order valence-corrected chi connectivity index (χ0v) is 20.0. The van der Waals surface area contributed by atoms with Crippen molar-refractivity contribution >= 4 is 57.0 Å². The Bertz CT molecular complexity index is 1410. The Morgan fingerprint density at radius 1 is 0.971 bits per heavy atom. The highest BCUT2D eigenvalue weighted by Gasteiger charge is 2.52. The number of halogens is 1. The summed E-state index contributed by atoms with van der Waals surface area (Å²) in [6.45, 7) is 1.42. The standard InChI is InChI=1S/C25H18ClN5O3S/c1-17(32)24-28-30(22-9-5-6-10-23(22)31(33)34)25(35-24)16-15-21(18-11-13-19(26)14-12-18)27-29(25)20-7-3-2-4-8-20/h2-16H,1H3/t25-/m1/s1. The molecule has 0 amide bonds. The molecule has 1 atom stereocenters. The van der Waals surface area contributed by atoms with E-state index >= 15 is 0 Å². The number of rotatable bonds is 5. The van der Waals surface area contributed by atoms with Crippen LogP contribution in [-0.4, -0.2) is 26.5 Å². The summed E-state index contributed by atoms with van der Waals surface area (Å²) in [5, 5.41) is 25.4. The third-order valence-electron chi connectivity index (χ3n) is 5.46. The molecule has 35 heavy (non-hydrogen) atoms. The average Bonchev–Trinajstić information content (AvgIpc) is 3.25. The number of nitro benzene ring substituents is 1. The molecule has 0 saturated carbocycles. The first-order valence-electron chi connectivity index (χ1n) is 10.6. The number of hydrogen-bond donors (Lipinski definition) is 0. The van der Waals surface area contributed by atoms with E-state index in [-0.39, 0.29) is 22.2 Å². The van der Waals surface area contributed by atoms with E-state index in [1.807, 2.05) is 54.6 Å². The smallest absolute Gasteiger partial charge is 0.292 e. The van der Waals surface area contributed by atoms with E-state index in [1.165, 1.54) is 29.8 Å². The molecule has 1 spiro atoms. The molecule has 2 aliphatic heterocycles. The predicted molar refractivity (Wildman–Crippen MR) is 140 cm³/mol. The second kappa shape index (κ2) is 9.01. The Morgan fingerprint density at radius 2 is 1.66 bits per heavy atom. The molecule has 3 aromatic carbocycles. The maximum Gasteiger partial charge on any atom is 0.294 e. The molecule has 174 valence electrons. The van der Waals surface area contributed by atoms with Gasteiger partial charge in [0.25, 0.3) is 5.69 Å². The largest absolute Gasteiger partial charge is 0.294 e. The van der Waals surface area contributed by atoms with Crippen molar-refractivity contribution < 1.29 is 9.72 Å². The zero-order valence-electron chi connectivity index (χ0n) is 18.4. The molecule has 8 nitrogen and oxygen atoms in total. The van der Waals surface area contributed by atoms with Crippen molar-refractivity contribution in [3.8, 4) is 0 Å². The molecule has 0 bridgehead atoms. The average molecular weight is 504 g/mol. The predicted octanol–water partition coefficient (Wildman–Crippen LogP) is 5.84. The van der Waals surface area contributed by atoms with Gasteiger partial charge in [-0.3, -0.25) is 14.9 Å². The van der Waals surface area contributed by atoms with E-state index in [4.69, 9.17) is 16.7 Å². The SMILES string of the molecule is CC(=O)C1=NN(c2ccccc2[N+](=O)[O-])[C@]2(C=CC(c3ccc(Cl)cc3)=NN2c2ccccc2)S1. The van der Waals surface area contributed by atoms with Gasteiger partial charge < -0.3 is 0 Å². The quantitative estimate of drug-likeness (QED) is 0.321. The number of allylic oxidation sites excluding steroid dienone is 1. The summed E-state index contributed by atoms with van der Waals surface area (Å²) in [4.78, 5) is 22.6. The zero-order chi connectivity index (χ0) is 24.6. The van der Waals surface area contributed by atoms with Gasteiger partial charge in [-0.15, -0.1) is 0 Å². The number of ketones is 1. The molecule has 3 aromatic rings. The van der Waals surface area contributed by atoms with Crippen LogP contribution in [0.4, 0.5) is 17.1 Å². The highest BCUT2D eigenvalue weighted by atomic mass is 35.5. The second-order valence-corrected chi connectivity index (χ2v) is 9.38. The number of benzene rings is 3. The fraction of sp³-hybridized carbons (Fsp3) is 0.0800. The maximum absolute atomic E-state index is 12.4. The summed E-state index contributed by atoms with van der Waals surface area (Å²) in [7, 11) is 0. The number of carbonyl (C=O) groups excluding carboxylic acids is 1. The number of thioether (sulfide) groups is 1. The van der Waals surface area contributed by atoms with Crippen LogP contribution in [0.3, 0.4) is 0 Å². The normalized spacial score (nSPS) is 19.0. The van der Waals surface area contributed by atoms with Gasteiger partial charge in [-0.1, -0.05) is 54.1 Å². The van der Waals surface area contributed by atoms with Crippen LogP contribution in [0.1, 0.15) is 12.5 Å².